The van der Waals surface area contributed by atoms with Crippen molar-refractivity contribution in [2.75, 3.05) is 13.7 Å². The number of halogens is 1. The van der Waals surface area contributed by atoms with Crippen LogP contribution in [0.25, 0.3) is 0 Å². The Kier molecular flexibility index (Phi) is 5.08. The highest BCUT2D eigenvalue weighted by Gasteiger charge is 2.05. The Morgan fingerprint density at radius 3 is 2.83 bits per heavy atom. The molecule has 0 saturated heterocycles. The van der Waals surface area contributed by atoms with Gasteiger partial charge in [-0.05, 0) is 40.6 Å². The minimum absolute atomic E-state index is 0.697. The van der Waals surface area contributed by atoms with Crippen molar-refractivity contribution in [3.63, 3.8) is 0 Å². The zero-order valence-electron chi connectivity index (χ0n) is 10.2. The lowest BCUT2D eigenvalue weighted by Gasteiger charge is -2.11. The van der Waals surface area contributed by atoms with Crippen LogP contribution in [-0.2, 0) is 11.8 Å². The van der Waals surface area contributed by atoms with Gasteiger partial charge in [-0.25, -0.2) is 0 Å². The molecule has 1 aromatic heterocycles. The van der Waals surface area contributed by atoms with Crippen molar-refractivity contribution in [3.05, 3.63) is 46.2 Å². The molecule has 0 spiro atoms. The Hall–Kier alpha value is -1.00. The molecule has 0 N–H and O–H groups in total. The zero-order chi connectivity index (χ0) is 12.8. The van der Waals surface area contributed by atoms with E-state index in [2.05, 4.69) is 32.8 Å². The Labute approximate surface area is 120 Å². The van der Waals surface area contributed by atoms with Crippen LogP contribution in [0.1, 0.15) is 11.1 Å². The monoisotopic (exact) mass is 326 g/mol. The van der Waals surface area contributed by atoms with Gasteiger partial charge in [0, 0.05) is 17.3 Å². The fourth-order valence-electron chi connectivity index (χ4n) is 1.64. The third-order valence-electron chi connectivity index (χ3n) is 2.64. The van der Waals surface area contributed by atoms with E-state index in [9.17, 15) is 0 Å². The van der Waals surface area contributed by atoms with Crippen molar-refractivity contribution >= 4 is 27.3 Å². The van der Waals surface area contributed by atoms with E-state index in [4.69, 9.17) is 9.47 Å². The van der Waals surface area contributed by atoms with Crippen molar-refractivity contribution in [2.24, 2.45) is 0 Å². The number of hydrogen-bond acceptors (Lipinski definition) is 3. The fourth-order valence-corrected chi connectivity index (χ4v) is 2.78. The summed E-state index contributed by atoms with van der Waals surface area (Å²) in [4.78, 5) is 0. The molecular formula is C14H15BrO2S. The van der Waals surface area contributed by atoms with Gasteiger partial charge in [-0.2, -0.15) is 11.3 Å². The normalized spacial score (nSPS) is 10.3. The summed E-state index contributed by atoms with van der Waals surface area (Å²) in [5, 5.41) is 5.01. The maximum Gasteiger partial charge on any atom is 0.123 e. The standard InChI is InChI=1S/C14H15BrO2S/c1-16-13-2-3-14(12(8-13)9-15)17-6-4-11-5-7-18-10-11/h2-3,5,7-8,10H,4,6,9H2,1H3. The summed E-state index contributed by atoms with van der Waals surface area (Å²) in [6, 6.07) is 8.01. The summed E-state index contributed by atoms with van der Waals surface area (Å²) in [5.74, 6) is 1.78. The predicted octanol–water partition coefficient (Wildman–Crippen LogP) is 4.27. The maximum absolute atomic E-state index is 5.82. The van der Waals surface area contributed by atoms with E-state index in [0.29, 0.717) is 6.61 Å². The molecule has 0 saturated carbocycles. The molecule has 2 rings (SSSR count). The van der Waals surface area contributed by atoms with Crippen molar-refractivity contribution in [2.45, 2.75) is 11.8 Å². The summed E-state index contributed by atoms with van der Waals surface area (Å²) in [5.41, 5.74) is 2.44. The summed E-state index contributed by atoms with van der Waals surface area (Å²) < 4.78 is 11.0. The molecule has 0 atom stereocenters. The first kappa shape index (κ1) is 13.4. The summed E-state index contributed by atoms with van der Waals surface area (Å²) in [6.07, 6.45) is 0.942. The maximum atomic E-state index is 5.82. The first-order chi connectivity index (χ1) is 8.83. The molecular weight excluding hydrogens is 312 g/mol. The molecule has 0 amide bonds. The Balaban J connectivity index is 1.96. The van der Waals surface area contributed by atoms with Gasteiger partial charge in [0.15, 0.2) is 0 Å². The van der Waals surface area contributed by atoms with Gasteiger partial charge in [0.05, 0.1) is 13.7 Å². The van der Waals surface area contributed by atoms with Gasteiger partial charge in [-0.1, -0.05) is 15.9 Å². The number of hydrogen-bond donors (Lipinski definition) is 0. The smallest absolute Gasteiger partial charge is 0.123 e. The first-order valence-electron chi connectivity index (χ1n) is 5.70. The SMILES string of the molecule is COc1ccc(OCCc2ccsc2)c(CBr)c1. The van der Waals surface area contributed by atoms with Gasteiger partial charge in [-0.15, -0.1) is 0 Å². The number of alkyl halides is 1. The average Bonchev–Trinajstić information content (AvgIpc) is 2.92. The van der Waals surface area contributed by atoms with Crippen LogP contribution in [-0.4, -0.2) is 13.7 Å². The summed E-state index contributed by atoms with van der Waals surface area (Å²) in [7, 11) is 1.67. The second-order valence-electron chi connectivity index (χ2n) is 3.84. The molecule has 0 aliphatic heterocycles. The largest absolute Gasteiger partial charge is 0.497 e. The van der Waals surface area contributed by atoms with E-state index in [0.717, 1.165) is 28.8 Å². The first-order valence-corrected chi connectivity index (χ1v) is 7.76. The van der Waals surface area contributed by atoms with E-state index in [-0.39, 0.29) is 0 Å². The highest BCUT2D eigenvalue weighted by molar-refractivity contribution is 9.08. The third kappa shape index (κ3) is 3.50. The summed E-state index contributed by atoms with van der Waals surface area (Å²) >= 11 is 5.19. The van der Waals surface area contributed by atoms with Gasteiger partial charge in [0.25, 0.3) is 0 Å². The quantitative estimate of drug-likeness (QED) is 0.738. The van der Waals surface area contributed by atoms with Crippen LogP contribution in [0.2, 0.25) is 0 Å². The van der Waals surface area contributed by atoms with E-state index in [1.54, 1.807) is 18.4 Å². The Bertz CT molecular complexity index is 483. The lowest BCUT2D eigenvalue weighted by molar-refractivity contribution is 0.318. The average molecular weight is 327 g/mol. The number of ether oxygens (including phenoxy) is 2. The molecule has 1 aromatic carbocycles. The van der Waals surface area contributed by atoms with Crippen LogP contribution in [0.3, 0.4) is 0 Å². The molecule has 0 bridgehead atoms. The topological polar surface area (TPSA) is 18.5 Å². The van der Waals surface area contributed by atoms with Crippen LogP contribution >= 0.6 is 27.3 Å². The van der Waals surface area contributed by atoms with Crippen molar-refractivity contribution < 1.29 is 9.47 Å². The zero-order valence-corrected chi connectivity index (χ0v) is 12.6. The van der Waals surface area contributed by atoms with Crippen LogP contribution in [0.15, 0.2) is 35.0 Å². The van der Waals surface area contributed by atoms with E-state index in [1.807, 2.05) is 18.2 Å². The minimum atomic E-state index is 0.697. The molecule has 96 valence electrons. The molecule has 0 radical (unpaired) electrons. The number of rotatable bonds is 6. The number of benzene rings is 1. The number of thiophene rings is 1. The highest BCUT2D eigenvalue weighted by Crippen LogP contribution is 2.26. The van der Waals surface area contributed by atoms with Crippen LogP contribution in [0, 0.1) is 0 Å². The van der Waals surface area contributed by atoms with Crippen LogP contribution < -0.4 is 9.47 Å². The second kappa shape index (κ2) is 6.81. The van der Waals surface area contributed by atoms with E-state index in [1.165, 1.54) is 5.56 Å². The van der Waals surface area contributed by atoms with Gasteiger partial charge in [0.2, 0.25) is 0 Å². The van der Waals surface area contributed by atoms with Crippen LogP contribution in [0.4, 0.5) is 0 Å². The number of methoxy groups -OCH3 is 1. The van der Waals surface area contributed by atoms with Crippen molar-refractivity contribution in [1.82, 2.24) is 0 Å². The molecule has 4 heteroatoms. The lowest BCUT2D eigenvalue weighted by Crippen LogP contribution is -2.02. The molecule has 0 fully saturated rings. The van der Waals surface area contributed by atoms with Crippen LogP contribution in [0.5, 0.6) is 11.5 Å². The molecule has 18 heavy (non-hydrogen) atoms. The van der Waals surface area contributed by atoms with Gasteiger partial charge in [0.1, 0.15) is 11.5 Å². The van der Waals surface area contributed by atoms with E-state index < -0.39 is 0 Å². The van der Waals surface area contributed by atoms with Crippen molar-refractivity contribution in [1.29, 1.82) is 0 Å². The van der Waals surface area contributed by atoms with Gasteiger partial charge >= 0.3 is 0 Å². The molecule has 0 aliphatic rings. The lowest BCUT2D eigenvalue weighted by atomic mass is 10.2. The highest BCUT2D eigenvalue weighted by atomic mass is 79.9. The van der Waals surface area contributed by atoms with Crippen molar-refractivity contribution in [3.8, 4) is 11.5 Å². The fraction of sp³-hybridized carbons (Fsp3) is 0.286. The third-order valence-corrected chi connectivity index (χ3v) is 3.98. The molecule has 0 aliphatic carbocycles. The second-order valence-corrected chi connectivity index (χ2v) is 5.18. The summed E-state index contributed by atoms with van der Waals surface area (Å²) in [6.45, 7) is 0.697. The Morgan fingerprint density at radius 2 is 2.17 bits per heavy atom. The van der Waals surface area contributed by atoms with Gasteiger partial charge in [-0.3, -0.25) is 0 Å². The van der Waals surface area contributed by atoms with E-state index >= 15 is 0 Å². The molecule has 0 unspecified atom stereocenters. The Morgan fingerprint density at radius 1 is 1.28 bits per heavy atom. The molecule has 1 heterocycles. The molecule has 2 aromatic rings. The molecule has 2 nitrogen and oxygen atoms in total. The minimum Gasteiger partial charge on any atom is -0.497 e. The predicted molar refractivity (Wildman–Crippen MR) is 79.1 cm³/mol. The van der Waals surface area contributed by atoms with Gasteiger partial charge < -0.3 is 9.47 Å².